The molecule has 0 radical (unpaired) electrons. The number of aliphatic hydroxyl groups is 1. The average molecular weight is 170 g/mol. The summed E-state index contributed by atoms with van der Waals surface area (Å²) < 4.78 is 0. The molecule has 12 heavy (non-hydrogen) atoms. The summed E-state index contributed by atoms with van der Waals surface area (Å²) in [6, 6.07) is 0. The van der Waals surface area contributed by atoms with Crippen LogP contribution in [0.5, 0.6) is 0 Å². The molecule has 1 fully saturated rings. The first-order chi connectivity index (χ1) is 5.51. The van der Waals surface area contributed by atoms with E-state index < -0.39 is 0 Å². The third kappa shape index (κ3) is 2.78. The molecule has 0 aliphatic heterocycles. The summed E-state index contributed by atoms with van der Waals surface area (Å²) in [6.45, 7) is 6.62. The molecule has 1 aliphatic carbocycles. The Bertz CT molecular complexity index is 138. The molecule has 1 aliphatic rings. The Morgan fingerprint density at radius 1 is 1.25 bits per heavy atom. The van der Waals surface area contributed by atoms with Gasteiger partial charge in [0.15, 0.2) is 0 Å². The minimum absolute atomic E-state index is 0.0982. The lowest BCUT2D eigenvalue weighted by atomic mass is 9.84. The van der Waals surface area contributed by atoms with Crippen molar-refractivity contribution >= 4 is 0 Å². The fourth-order valence-corrected chi connectivity index (χ4v) is 2.17. The van der Waals surface area contributed by atoms with Crippen LogP contribution in [0, 0.1) is 11.3 Å². The van der Waals surface area contributed by atoms with Gasteiger partial charge in [0.1, 0.15) is 0 Å². The summed E-state index contributed by atoms with van der Waals surface area (Å²) in [5.41, 5.74) is 0.518. The standard InChI is InChI=1S/C11H22O/c1-9(12)10-5-4-7-11(2,3)8-6-10/h9-10,12H,4-8H2,1-3H3. The minimum atomic E-state index is -0.0982. The molecular formula is C11H22O. The zero-order chi connectivity index (χ0) is 9.19. The van der Waals surface area contributed by atoms with E-state index in [1.54, 1.807) is 0 Å². The van der Waals surface area contributed by atoms with Crippen LogP contribution in [0.1, 0.15) is 52.9 Å². The van der Waals surface area contributed by atoms with Crippen LogP contribution in [-0.4, -0.2) is 11.2 Å². The average Bonchev–Trinajstić information content (AvgIpc) is 2.10. The summed E-state index contributed by atoms with van der Waals surface area (Å²) in [4.78, 5) is 0. The third-order valence-corrected chi connectivity index (χ3v) is 3.30. The first-order valence-electron chi connectivity index (χ1n) is 5.19. The van der Waals surface area contributed by atoms with Crippen LogP contribution in [0.15, 0.2) is 0 Å². The van der Waals surface area contributed by atoms with Crippen molar-refractivity contribution in [3.8, 4) is 0 Å². The molecule has 0 aromatic heterocycles. The van der Waals surface area contributed by atoms with Crippen molar-refractivity contribution < 1.29 is 5.11 Å². The Morgan fingerprint density at radius 2 is 1.92 bits per heavy atom. The van der Waals surface area contributed by atoms with E-state index in [2.05, 4.69) is 13.8 Å². The molecule has 0 heterocycles. The summed E-state index contributed by atoms with van der Waals surface area (Å²) >= 11 is 0. The Balaban J connectivity index is 2.45. The number of aliphatic hydroxyl groups excluding tert-OH is 1. The van der Waals surface area contributed by atoms with Gasteiger partial charge in [0.25, 0.3) is 0 Å². The highest BCUT2D eigenvalue weighted by atomic mass is 16.3. The van der Waals surface area contributed by atoms with Crippen LogP contribution in [0.4, 0.5) is 0 Å². The number of rotatable bonds is 1. The Labute approximate surface area is 76.2 Å². The van der Waals surface area contributed by atoms with Gasteiger partial charge in [-0.15, -0.1) is 0 Å². The van der Waals surface area contributed by atoms with Gasteiger partial charge in [-0.25, -0.2) is 0 Å². The smallest absolute Gasteiger partial charge is 0.0540 e. The maximum Gasteiger partial charge on any atom is 0.0540 e. The predicted molar refractivity (Wildman–Crippen MR) is 52.0 cm³/mol. The SMILES string of the molecule is CC(O)C1CCCC(C)(C)CC1. The predicted octanol–water partition coefficient (Wildman–Crippen LogP) is 2.97. The first kappa shape index (κ1) is 10.0. The second kappa shape index (κ2) is 3.78. The molecule has 1 heteroatoms. The van der Waals surface area contributed by atoms with Gasteiger partial charge in [0, 0.05) is 0 Å². The number of hydrogen-bond acceptors (Lipinski definition) is 1. The van der Waals surface area contributed by atoms with Crippen molar-refractivity contribution in [2.24, 2.45) is 11.3 Å². The number of hydrogen-bond donors (Lipinski definition) is 1. The second-order valence-electron chi connectivity index (χ2n) is 5.10. The molecule has 1 nitrogen and oxygen atoms in total. The van der Waals surface area contributed by atoms with Crippen LogP contribution in [0.3, 0.4) is 0 Å². The molecule has 0 spiro atoms. The summed E-state index contributed by atoms with van der Waals surface area (Å²) in [6.07, 6.45) is 6.24. The van der Waals surface area contributed by atoms with Crippen molar-refractivity contribution in [3.05, 3.63) is 0 Å². The third-order valence-electron chi connectivity index (χ3n) is 3.30. The monoisotopic (exact) mass is 170 g/mol. The molecule has 1 N–H and O–H groups in total. The molecular weight excluding hydrogens is 148 g/mol. The molecule has 1 rings (SSSR count). The van der Waals surface area contributed by atoms with Gasteiger partial charge < -0.3 is 5.11 Å². The molecule has 0 aromatic rings. The zero-order valence-corrected chi connectivity index (χ0v) is 8.64. The molecule has 2 atom stereocenters. The normalized spacial score (nSPS) is 32.5. The van der Waals surface area contributed by atoms with E-state index in [1.807, 2.05) is 6.92 Å². The quantitative estimate of drug-likeness (QED) is 0.600. The molecule has 0 amide bonds. The lowest BCUT2D eigenvalue weighted by Crippen LogP contribution is -2.16. The first-order valence-corrected chi connectivity index (χ1v) is 5.19. The van der Waals surface area contributed by atoms with E-state index >= 15 is 0 Å². The van der Waals surface area contributed by atoms with E-state index in [1.165, 1.54) is 32.1 Å². The Kier molecular flexibility index (Phi) is 3.16. The highest BCUT2D eigenvalue weighted by Crippen LogP contribution is 2.36. The van der Waals surface area contributed by atoms with Crippen LogP contribution in [0.2, 0.25) is 0 Å². The Hall–Kier alpha value is -0.0400. The fourth-order valence-electron chi connectivity index (χ4n) is 2.17. The fraction of sp³-hybridized carbons (Fsp3) is 1.00. The van der Waals surface area contributed by atoms with Gasteiger partial charge in [-0.1, -0.05) is 20.3 Å². The van der Waals surface area contributed by atoms with Crippen molar-refractivity contribution in [2.45, 2.75) is 59.0 Å². The van der Waals surface area contributed by atoms with Crippen LogP contribution >= 0.6 is 0 Å². The highest BCUT2D eigenvalue weighted by Gasteiger charge is 2.26. The molecule has 0 bridgehead atoms. The van der Waals surface area contributed by atoms with Gasteiger partial charge in [-0.3, -0.25) is 0 Å². The van der Waals surface area contributed by atoms with Gasteiger partial charge in [-0.2, -0.15) is 0 Å². The van der Waals surface area contributed by atoms with Gasteiger partial charge >= 0.3 is 0 Å². The van der Waals surface area contributed by atoms with Crippen molar-refractivity contribution in [2.75, 3.05) is 0 Å². The topological polar surface area (TPSA) is 20.2 Å². The second-order valence-corrected chi connectivity index (χ2v) is 5.10. The maximum atomic E-state index is 9.47. The molecule has 1 saturated carbocycles. The lowest BCUT2D eigenvalue weighted by molar-refractivity contribution is 0.114. The molecule has 0 aromatic carbocycles. The summed E-state index contributed by atoms with van der Waals surface area (Å²) in [5, 5.41) is 9.47. The van der Waals surface area contributed by atoms with E-state index in [9.17, 15) is 5.11 Å². The lowest BCUT2D eigenvalue weighted by Gasteiger charge is -2.22. The van der Waals surface area contributed by atoms with Crippen LogP contribution in [0.25, 0.3) is 0 Å². The van der Waals surface area contributed by atoms with Crippen molar-refractivity contribution in [1.82, 2.24) is 0 Å². The van der Waals surface area contributed by atoms with Crippen molar-refractivity contribution in [3.63, 3.8) is 0 Å². The van der Waals surface area contributed by atoms with Crippen LogP contribution in [-0.2, 0) is 0 Å². The molecule has 72 valence electrons. The largest absolute Gasteiger partial charge is 0.393 e. The molecule has 2 unspecified atom stereocenters. The van der Waals surface area contributed by atoms with Gasteiger partial charge in [0.2, 0.25) is 0 Å². The maximum absolute atomic E-state index is 9.47. The summed E-state index contributed by atoms with van der Waals surface area (Å²) in [7, 11) is 0. The van der Waals surface area contributed by atoms with Crippen LogP contribution < -0.4 is 0 Å². The highest BCUT2D eigenvalue weighted by molar-refractivity contribution is 4.77. The van der Waals surface area contributed by atoms with E-state index in [0.29, 0.717) is 11.3 Å². The van der Waals surface area contributed by atoms with Gasteiger partial charge in [0.05, 0.1) is 6.10 Å². The molecule has 0 saturated heterocycles. The summed E-state index contributed by atoms with van der Waals surface area (Å²) in [5.74, 6) is 0.562. The van der Waals surface area contributed by atoms with Crippen molar-refractivity contribution in [1.29, 1.82) is 0 Å². The zero-order valence-electron chi connectivity index (χ0n) is 8.64. The van der Waals surface area contributed by atoms with E-state index in [0.717, 1.165) is 0 Å². The van der Waals surface area contributed by atoms with Gasteiger partial charge in [-0.05, 0) is 43.9 Å². The van der Waals surface area contributed by atoms with E-state index in [4.69, 9.17) is 0 Å². The Morgan fingerprint density at radius 3 is 2.50 bits per heavy atom. The van der Waals surface area contributed by atoms with E-state index in [-0.39, 0.29) is 6.10 Å². The minimum Gasteiger partial charge on any atom is -0.393 e.